The molecule has 0 spiro atoms. The second kappa shape index (κ2) is 3.87. The van der Waals surface area contributed by atoms with Crippen LogP contribution in [0.3, 0.4) is 0 Å². The minimum Gasteiger partial charge on any atom is -0.289 e. The third-order valence-corrected chi connectivity index (χ3v) is 2.27. The standard InChI is InChI=1S/C9H6BrClO/c1-2-9(12)7-4-3-6(11)5-8(7)10/h2-5H,1H2. The fourth-order valence-electron chi connectivity index (χ4n) is 0.799. The van der Waals surface area contributed by atoms with E-state index in [-0.39, 0.29) is 5.78 Å². The molecular formula is C9H6BrClO. The first-order chi connectivity index (χ1) is 5.65. The molecule has 0 aliphatic carbocycles. The van der Waals surface area contributed by atoms with Crippen molar-refractivity contribution < 1.29 is 4.79 Å². The van der Waals surface area contributed by atoms with Crippen LogP contribution in [-0.4, -0.2) is 5.78 Å². The lowest BCUT2D eigenvalue weighted by Gasteiger charge is -1.99. The molecule has 0 fully saturated rings. The topological polar surface area (TPSA) is 17.1 Å². The Balaban J connectivity index is 3.18. The number of ketones is 1. The molecule has 0 aliphatic heterocycles. The van der Waals surface area contributed by atoms with Gasteiger partial charge in [0.05, 0.1) is 0 Å². The van der Waals surface area contributed by atoms with Crippen LogP contribution in [0.1, 0.15) is 10.4 Å². The summed E-state index contributed by atoms with van der Waals surface area (Å²) in [6, 6.07) is 5.01. The van der Waals surface area contributed by atoms with Crippen molar-refractivity contribution in [3.63, 3.8) is 0 Å². The van der Waals surface area contributed by atoms with Crippen LogP contribution in [0.2, 0.25) is 5.02 Å². The summed E-state index contributed by atoms with van der Waals surface area (Å²) in [5.41, 5.74) is 0.578. The van der Waals surface area contributed by atoms with E-state index >= 15 is 0 Å². The van der Waals surface area contributed by atoms with Gasteiger partial charge in [0.1, 0.15) is 0 Å². The molecule has 1 aromatic carbocycles. The van der Waals surface area contributed by atoms with Crippen molar-refractivity contribution in [3.05, 3.63) is 45.9 Å². The molecule has 0 heterocycles. The molecule has 12 heavy (non-hydrogen) atoms. The molecule has 0 radical (unpaired) electrons. The third kappa shape index (κ3) is 1.96. The highest BCUT2D eigenvalue weighted by Gasteiger charge is 2.05. The van der Waals surface area contributed by atoms with Crippen molar-refractivity contribution in [2.45, 2.75) is 0 Å². The quantitative estimate of drug-likeness (QED) is 0.576. The Morgan fingerprint density at radius 3 is 2.75 bits per heavy atom. The van der Waals surface area contributed by atoms with Gasteiger partial charge in [-0.2, -0.15) is 0 Å². The van der Waals surface area contributed by atoms with E-state index in [1.54, 1.807) is 18.2 Å². The van der Waals surface area contributed by atoms with Gasteiger partial charge in [0.25, 0.3) is 0 Å². The lowest BCUT2D eigenvalue weighted by Crippen LogP contribution is -1.94. The highest BCUT2D eigenvalue weighted by atomic mass is 79.9. The first kappa shape index (κ1) is 9.49. The molecule has 0 atom stereocenters. The van der Waals surface area contributed by atoms with Crippen LogP contribution in [-0.2, 0) is 0 Å². The van der Waals surface area contributed by atoms with Crippen molar-refractivity contribution in [2.24, 2.45) is 0 Å². The molecule has 0 aromatic heterocycles. The highest BCUT2D eigenvalue weighted by Crippen LogP contribution is 2.21. The van der Waals surface area contributed by atoms with E-state index in [0.717, 1.165) is 0 Å². The van der Waals surface area contributed by atoms with Gasteiger partial charge in [0.15, 0.2) is 5.78 Å². The van der Waals surface area contributed by atoms with E-state index in [1.165, 1.54) is 6.08 Å². The monoisotopic (exact) mass is 244 g/mol. The third-order valence-electron chi connectivity index (χ3n) is 1.38. The number of rotatable bonds is 2. The van der Waals surface area contributed by atoms with E-state index in [0.29, 0.717) is 15.1 Å². The molecule has 0 bridgehead atoms. The lowest BCUT2D eigenvalue weighted by atomic mass is 10.1. The summed E-state index contributed by atoms with van der Waals surface area (Å²) in [5.74, 6) is -0.112. The molecule has 1 nitrogen and oxygen atoms in total. The van der Waals surface area contributed by atoms with Gasteiger partial charge < -0.3 is 0 Å². The Bertz CT molecular complexity index is 333. The summed E-state index contributed by atoms with van der Waals surface area (Å²) in [6.07, 6.45) is 1.27. The Morgan fingerprint density at radius 2 is 2.25 bits per heavy atom. The number of hydrogen-bond donors (Lipinski definition) is 0. The molecular weight excluding hydrogens is 239 g/mol. The Morgan fingerprint density at radius 1 is 1.58 bits per heavy atom. The predicted molar refractivity (Wildman–Crippen MR) is 53.7 cm³/mol. The van der Waals surface area contributed by atoms with Gasteiger partial charge in [0.2, 0.25) is 0 Å². The number of allylic oxidation sites excluding steroid dienone is 1. The molecule has 0 saturated carbocycles. The van der Waals surface area contributed by atoms with E-state index in [1.807, 2.05) is 0 Å². The van der Waals surface area contributed by atoms with Gasteiger partial charge in [-0.3, -0.25) is 4.79 Å². The van der Waals surface area contributed by atoms with Gasteiger partial charge in [-0.05, 0) is 40.2 Å². The average molecular weight is 246 g/mol. The van der Waals surface area contributed by atoms with Crippen molar-refractivity contribution in [1.82, 2.24) is 0 Å². The van der Waals surface area contributed by atoms with Crippen LogP contribution in [0.4, 0.5) is 0 Å². The zero-order valence-electron chi connectivity index (χ0n) is 6.18. The maximum absolute atomic E-state index is 11.2. The van der Waals surface area contributed by atoms with E-state index in [4.69, 9.17) is 11.6 Å². The van der Waals surface area contributed by atoms with Crippen molar-refractivity contribution in [2.75, 3.05) is 0 Å². The molecule has 0 saturated heterocycles. The summed E-state index contributed by atoms with van der Waals surface area (Å²) >= 11 is 8.93. The molecule has 0 unspecified atom stereocenters. The van der Waals surface area contributed by atoms with Crippen molar-refractivity contribution in [3.8, 4) is 0 Å². The van der Waals surface area contributed by atoms with E-state index in [2.05, 4.69) is 22.5 Å². The van der Waals surface area contributed by atoms with Crippen LogP contribution < -0.4 is 0 Å². The number of halogens is 2. The largest absolute Gasteiger partial charge is 0.289 e. The number of hydrogen-bond acceptors (Lipinski definition) is 1. The van der Waals surface area contributed by atoms with Gasteiger partial charge >= 0.3 is 0 Å². The predicted octanol–water partition coefficient (Wildman–Crippen LogP) is 3.47. The minimum absolute atomic E-state index is 0.112. The van der Waals surface area contributed by atoms with E-state index in [9.17, 15) is 4.79 Å². The second-order valence-corrected chi connectivity index (χ2v) is 3.48. The molecule has 3 heteroatoms. The summed E-state index contributed by atoms with van der Waals surface area (Å²) < 4.78 is 0.694. The zero-order chi connectivity index (χ0) is 9.14. The highest BCUT2D eigenvalue weighted by molar-refractivity contribution is 9.10. The molecule has 62 valence electrons. The Labute approximate surface area is 84.2 Å². The molecule has 0 amide bonds. The normalized spacial score (nSPS) is 9.50. The summed E-state index contributed by atoms with van der Waals surface area (Å²) in [6.45, 7) is 3.40. The smallest absolute Gasteiger partial charge is 0.186 e. The zero-order valence-corrected chi connectivity index (χ0v) is 8.52. The van der Waals surface area contributed by atoms with Crippen molar-refractivity contribution in [1.29, 1.82) is 0 Å². The fraction of sp³-hybridized carbons (Fsp3) is 0. The average Bonchev–Trinajstić information content (AvgIpc) is 2.03. The maximum atomic E-state index is 11.2. The summed E-state index contributed by atoms with van der Waals surface area (Å²) in [5, 5.41) is 0.600. The Kier molecular flexibility index (Phi) is 3.06. The van der Waals surface area contributed by atoms with Crippen molar-refractivity contribution >= 4 is 33.3 Å². The van der Waals surface area contributed by atoms with Gasteiger partial charge in [-0.15, -0.1) is 0 Å². The molecule has 0 N–H and O–H groups in total. The van der Waals surface area contributed by atoms with Crippen LogP contribution >= 0.6 is 27.5 Å². The van der Waals surface area contributed by atoms with Crippen LogP contribution in [0.25, 0.3) is 0 Å². The second-order valence-electron chi connectivity index (χ2n) is 2.19. The van der Waals surface area contributed by atoms with Gasteiger partial charge in [-0.25, -0.2) is 0 Å². The van der Waals surface area contributed by atoms with Crippen LogP contribution in [0.15, 0.2) is 35.3 Å². The maximum Gasteiger partial charge on any atom is 0.186 e. The van der Waals surface area contributed by atoms with E-state index < -0.39 is 0 Å². The minimum atomic E-state index is -0.112. The van der Waals surface area contributed by atoms with Crippen LogP contribution in [0, 0.1) is 0 Å². The van der Waals surface area contributed by atoms with Gasteiger partial charge in [-0.1, -0.05) is 18.2 Å². The molecule has 1 aromatic rings. The SMILES string of the molecule is C=CC(=O)c1ccc(Cl)cc1Br. The Hall–Kier alpha value is -0.600. The van der Waals surface area contributed by atoms with Crippen LogP contribution in [0.5, 0.6) is 0 Å². The first-order valence-corrected chi connectivity index (χ1v) is 4.44. The van der Waals surface area contributed by atoms with Gasteiger partial charge in [0, 0.05) is 15.1 Å². The number of carbonyl (C=O) groups is 1. The molecule has 1 rings (SSSR count). The first-order valence-electron chi connectivity index (χ1n) is 3.27. The number of benzene rings is 1. The summed E-state index contributed by atoms with van der Waals surface area (Å²) in [7, 11) is 0. The lowest BCUT2D eigenvalue weighted by molar-refractivity contribution is 0.104. The summed E-state index contributed by atoms with van der Waals surface area (Å²) in [4.78, 5) is 11.2. The molecule has 0 aliphatic rings. The fourth-order valence-corrected chi connectivity index (χ4v) is 1.68. The number of carbonyl (C=O) groups excluding carboxylic acids is 1.